The molecule has 90 valence electrons. The molecule has 2 heterocycles. The first-order valence-electron chi connectivity index (χ1n) is 2.87. The summed E-state index contributed by atoms with van der Waals surface area (Å²) >= 11 is 0. The molecule has 2 aliphatic heterocycles. The van der Waals surface area contributed by atoms with Gasteiger partial charge in [-0.25, -0.2) is 0 Å². The third-order valence-electron chi connectivity index (χ3n) is 1.13. The van der Waals surface area contributed by atoms with Gasteiger partial charge in [-0.2, -0.15) is 0 Å². The molecule has 0 unspecified atom stereocenters. The minimum atomic E-state index is -1.45. The van der Waals surface area contributed by atoms with Crippen molar-refractivity contribution in [1.82, 2.24) is 0 Å². The van der Waals surface area contributed by atoms with Crippen molar-refractivity contribution in [2.75, 3.05) is 0 Å². The number of hydrogen-bond acceptors (Lipinski definition) is 7. The van der Waals surface area contributed by atoms with Crippen LogP contribution in [0.1, 0.15) is 0 Å². The van der Waals surface area contributed by atoms with Crippen LogP contribution < -0.4 is 0 Å². The average Bonchev–Trinajstić information content (AvgIpc) is 1.82. The van der Waals surface area contributed by atoms with E-state index in [-0.39, 0.29) is 51.5 Å². The molecule has 16 heteroatoms. The van der Waals surface area contributed by atoms with E-state index in [9.17, 15) is 0 Å². The van der Waals surface area contributed by atoms with Gasteiger partial charge in [-0.05, 0) is 0 Å². The van der Waals surface area contributed by atoms with E-state index in [1.54, 1.807) is 0 Å². The van der Waals surface area contributed by atoms with E-state index in [0.29, 0.717) is 0 Å². The molecule has 2 saturated heterocycles. The van der Waals surface area contributed by atoms with Crippen LogP contribution in [-0.4, -0.2) is 90.8 Å². The van der Waals surface area contributed by atoms with E-state index in [1.807, 2.05) is 0 Å². The van der Waals surface area contributed by atoms with Crippen LogP contribution >= 0.6 is 0 Å². The Hall–Kier alpha value is 0.820. The predicted molar refractivity (Wildman–Crippen MR) is 54.5 cm³/mol. The van der Waals surface area contributed by atoms with E-state index in [0.717, 1.165) is 0 Å². The average molecular weight is 253 g/mol. The maximum absolute atomic E-state index is 8.74. The SMILES string of the molecule is O.O.O.O.OB1OB2OB(O)OB(O1)O2.[NaH]. The van der Waals surface area contributed by atoms with Crippen LogP contribution in [0.4, 0.5) is 0 Å². The molecule has 2 rings (SSSR count). The number of hydrogen-bond donors (Lipinski definition) is 2. The molecule has 0 atom stereocenters. The molecule has 16 heavy (non-hydrogen) atoms. The third kappa shape index (κ3) is 6.53. The topological polar surface area (TPSA) is 213 Å². The van der Waals surface area contributed by atoms with Gasteiger partial charge in [-0.1, -0.05) is 0 Å². The van der Waals surface area contributed by atoms with Gasteiger partial charge in [0.25, 0.3) is 0 Å². The third-order valence-corrected chi connectivity index (χ3v) is 1.13. The van der Waals surface area contributed by atoms with Crippen molar-refractivity contribution in [2.45, 2.75) is 0 Å². The Morgan fingerprint density at radius 1 is 0.562 bits per heavy atom. The van der Waals surface area contributed by atoms with Crippen molar-refractivity contribution in [3.63, 3.8) is 0 Å². The van der Waals surface area contributed by atoms with E-state index in [4.69, 9.17) is 10.0 Å². The fourth-order valence-corrected chi connectivity index (χ4v) is 0.728. The molecule has 0 aromatic carbocycles. The van der Waals surface area contributed by atoms with Gasteiger partial charge in [0.2, 0.25) is 0 Å². The Bertz CT molecular complexity index is 123. The molecule has 0 radical (unpaired) electrons. The second kappa shape index (κ2) is 10.9. The monoisotopic (exact) mass is 254 g/mol. The summed E-state index contributed by atoms with van der Waals surface area (Å²) in [6.45, 7) is 0. The van der Waals surface area contributed by atoms with E-state index >= 15 is 0 Å². The van der Waals surface area contributed by atoms with Gasteiger partial charge in [0.15, 0.2) is 0 Å². The molecule has 0 aromatic heterocycles. The molecule has 11 nitrogen and oxygen atoms in total. The summed E-state index contributed by atoms with van der Waals surface area (Å²) in [6.07, 6.45) is 0. The molecule has 0 aliphatic carbocycles. The minimum absolute atomic E-state index is 0. The van der Waals surface area contributed by atoms with Gasteiger partial charge < -0.3 is 54.8 Å². The zero-order chi connectivity index (χ0) is 7.84. The van der Waals surface area contributed by atoms with E-state index < -0.39 is 29.3 Å². The second-order valence-electron chi connectivity index (χ2n) is 1.87. The molecule has 2 fully saturated rings. The summed E-state index contributed by atoms with van der Waals surface area (Å²) in [5.41, 5.74) is 0. The molecule has 0 spiro atoms. The Balaban J connectivity index is -0.000000144. The molecule has 10 N–H and O–H groups in total. The van der Waals surface area contributed by atoms with Crippen molar-refractivity contribution < 1.29 is 54.8 Å². The van der Waals surface area contributed by atoms with Gasteiger partial charge in [0, 0.05) is 0 Å². The first-order chi connectivity index (χ1) is 5.24. The first-order valence-corrected chi connectivity index (χ1v) is 2.87. The second-order valence-corrected chi connectivity index (χ2v) is 1.87. The van der Waals surface area contributed by atoms with Crippen LogP contribution in [0.2, 0.25) is 0 Å². The summed E-state index contributed by atoms with van der Waals surface area (Å²) in [4.78, 5) is 0. The van der Waals surface area contributed by atoms with Crippen LogP contribution in [0.25, 0.3) is 0 Å². The fourth-order valence-electron chi connectivity index (χ4n) is 0.728. The molecular weight excluding hydrogens is 242 g/mol. The zero-order valence-electron chi connectivity index (χ0n) is 7.25. The molecular formula is H11B4NaO11. The van der Waals surface area contributed by atoms with Gasteiger partial charge in [-0.3, -0.25) is 0 Å². The van der Waals surface area contributed by atoms with Crippen LogP contribution in [0.3, 0.4) is 0 Å². The van der Waals surface area contributed by atoms with Crippen LogP contribution in [0.5, 0.6) is 0 Å². The number of fused-ring (bicyclic) bond motifs is 2. The summed E-state index contributed by atoms with van der Waals surface area (Å²) in [6, 6.07) is 0. The fraction of sp³-hybridized carbons (Fsp3) is 0. The van der Waals surface area contributed by atoms with Gasteiger partial charge >= 0.3 is 58.8 Å². The Kier molecular flexibility index (Phi) is 17.5. The molecule has 2 aliphatic rings. The standard InChI is InChI=1S/B4H2O7.Na.4H2O.H/c5-1-7-3-9-2(6)10-4(8-1)11-3;;;;;;/h5-6H;;4*1H2;. The molecule has 0 aromatic rings. The maximum atomic E-state index is 8.74. The predicted octanol–water partition coefficient (Wildman–Crippen LogP) is -6.93. The Labute approximate surface area is 114 Å². The van der Waals surface area contributed by atoms with Crippen molar-refractivity contribution >= 4 is 58.8 Å². The van der Waals surface area contributed by atoms with Crippen LogP contribution in [-0.2, 0) is 22.9 Å². The Morgan fingerprint density at radius 3 is 1.06 bits per heavy atom. The van der Waals surface area contributed by atoms with Crippen molar-refractivity contribution in [2.24, 2.45) is 0 Å². The molecule has 0 saturated carbocycles. The van der Waals surface area contributed by atoms with Crippen molar-refractivity contribution in [1.29, 1.82) is 0 Å². The van der Waals surface area contributed by atoms with Crippen molar-refractivity contribution in [3.05, 3.63) is 0 Å². The van der Waals surface area contributed by atoms with Crippen molar-refractivity contribution in [3.8, 4) is 0 Å². The summed E-state index contributed by atoms with van der Waals surface area (Å²) in [5, 5.41) is 17.5. The number of rotatable bonds is 0. The van der Waals surface area contributed by atoms with E-state index in [2.05, 4.69) is 22.9 Å². The quantitative estimate of drug-likeness (QED) is 0.397. The summed E-state index contributed by atoms with van der Waals surface area (Å²) < 4.78 is 22.6. The summed E-state index contributed by atoms with van der Waals surface area (Å²) in [7, 11) is -5.20. The van der Waals surface area contributed by atoms with Gasteiger partial charge in [0.05, 0.1) is 0 Å². The van der Waals surface area contributed by atoms with Crippen LogP contribution in [0, 0.1) is 0 Å². The van der Waals surface area contributed by atoms with Crippen LogP contribution in [0.15, 0.2) is 0 Å². The molecule has 2 bridgehead atoms. The summed E-state index contributed by atoms with van der Waals surface area (Å²) in [5.74, 6) is 0. The Morgan fingerprint density at radius 2 is 0.812 bits per heavy atom. The zero-order valence-corrected chi connectivity index (χ0v) is 7.25. The first kappa shape index (κ1) is 25.6. The van der Waals surface area contributed by atoms with Gasteiger partial charge in [0.1, 0.15) is 0 Å². The van der Waals surface area contributed by atoms with Gasteiger partial charge in [-0.15, -0.1) is 0 Å². The normalized spacial score (nSPS) is 16.9. The van der Waals surface area contributed by atoms with E-state index in [1.165, 1.54) is 0 Å². The molecule has 0 amide bonds.